The molecule has 7 aromatic carbocycles. The fourth-order valence-corrected chi connectivity index (χ4v) is 6.30. The van der Waals surface area contributed by atoms with E-state index in [0.29, 0.717) is 17.5 Å². The minimum absolute atomic E-state index is 0.651. The second-order valence-corrected chi connectivity index (χ2v) is 12.1. The van der Waals surface area contributed by atoms with E-state index in [0.717, 1.165) is 34.2 Å². The molecule has 8 rings (SSSR count). The van der Waals surface area contributed by atoms with E-state index in [-0.39, 0.29) is 0 Å². The second-order valence-electron chi connectivity index (χ2n) is 12.1. The zero-order valence-corrected chi connectivity index (χ0v) is 26.9. The van der Waals surface area contributed by atoms with Crippen LogP contribution in [0.25, 0.3) is 67.5 Å². The van der Waals surface area contributed by atoms with Crippen molar-refractivity contribution in [2.75, 3.05) is 0 Å². The van der Waals surface area contributed by atoms with Crippen LogP contribution in [-0.2, 0) is 6.42 Å². The maximum atomic E-state index is 4.95. The van der Waals surface area contributed by atoms with Gasteiger partial charge in [0.1, 0.15) is 0 Å². The zero-order valence-electron chi connectivity index (χ0n) is 26.9. The van der Waals surface area contributed by atoms with E-state index < -0.39 is 0 Å². The summed E-state index contributed by atoms with van der Waals surface area (Å²) in [5.74, 6) is 1.97. The predicted molar refractivity (Wildman–Crippen MR) is 202 cm³/mol. The third-order valence-electron chi connectivity index (χ3n) is 8.74. The first kappa shape index (κ1) is 29.9. The fraction of sp³-hybridized carbons (Fsp3) is 0.0217. The average Bonchev–Trinajstić information content (AvgIpc) is 3.19. The standard InChI is InChI=1S/C46H33N3/c1-5-16-35(17-6-1)42-28-27-34(31-43(42)36-18-7-2-8-19-36)29-33-15-13-24-39(30-33)40-25-14-26-41(32-40)46-48-44(37-20-9-3-10-21-37)47-45(49-46)38-22-11-4-12-23-38/h1-28,30-32H,29H2. The van der Waals surface area contributed by atoms with Gasteiger partial charge < -0.3 is 0 Å². The number of aromatic nitrogens is 3. The molecule has 0 radical (unpaired) electrons. The molecule has 0 fully saturated rings. The molecular weight excluding hydrogens is 595 g/mol. The molecule has 3 heteroatoms. The quantitative estimate of drug-likeness (QED) is 0.168. The SMILES string of the molecule is c1ccc(-c2nc(-c3ccccc3)nc(-c3cccc(-c4cccc(Cc5ccc(-c6ccccc6)c(-c6ccccc6)c5)c4)c3)n2)cc1. The van der Waals surface area contributed by atoms with Crippen LogP contribution in [0.15, 0.2) is 188 Å². The number of benzene rings is 7. The van der Waals surface area contributed by atoms with Gasteiger partial charge in [-0.1, -0.05) is 182 Å². The first-order valence-corrected chi connectivity index (χ1v) is 16.6. The molecular formula is C46H33N3. The first-order chi connectivity index (χ1) is 24.3. The van der Waals surface area contributed by atoms with Gasteiger partial charge in [-0.15, -0.1) is 0 Å². The minimum Gasteiger partial charge on any atom is -0.208 e. The normalized spacial score (nSPS) is 10.9. The lowest BCUT2D eigenvalue weighted by Gasteiger charge is -2.14. The summed E-state index contributed by atoms with van der Waals surface area (Å²) in [6.07, 6.45) is 0.830. The molecule has 0 N–H and O–H groups in total. The molecule has 0 aliphatic heterocycles. The van der Waals surface area contributed by atoms with Crippen molar-refractivity contribution < 1.29 is 0 Å². The molecule has 0 amide bonds. The first-order valence-electron chi connectivity index (χ1n) is 16.6. The molecule has 3 nitrogen and oxygen atoms in total. The molecule has 0 saturated heterocycles. The number of nitrogens with zero attached hydrogens (tertiary/aromatic N) is 3. The summed E-state index contributed by atoms with van der Waals surface area (Å²) >= 11 is 0. The Bertz CT molecular complexity index is 2280. The van der Waals surface area contributed by atoms with E-state index in [4.69, 9.17) is 15.0 Å². The topological polar surface area (TPSA) is 38.7 Å². The Morgan fingerprint density at radius 2 is 0.673 bits per heavy atom. The molecule has 8 aromatic rings. The van der Waals surface area contributed by atoms with Gasteiger partial charge in [0.15, 0.2) is 17.5 Å². The molecule has 0 saturated carbocycles. The molecule has 49 heavy (non-hydrogen) atoms. The van der Waals surface area contributed by atoms with Gasteiger partial charge in [0.05, 0.1) is 0 Å². The van der Waals surface area contributed by atoms with E-state index >= 15 is 0 Å². The van der Waals surface area contributed by atoms with Gasteiger partial charge in [-0.05, 0) is 57.0 Å². The predicted octanol–water partition coefficient (Wildman–Crippen LogP) is 11.5. The highest BCUT2D eigenvalue weighted by atomic mass is 15.0. The molecule has 232 valence electrons. The van der Waals surface area contributed by atoms with Gasteiger partial charge in [-0.2, -0.15) is 0 Å². The molecule has 1 aromatic heterocycles. The Kier molecular flexibility index (Phi) is 8.38. The maximum Gasteiger partial charge on any atom is 0.164 e. The highest BCUT2D eigenvalue weighted by Gasteiger charge is 2.14. The third kappa shape index (κ3) is 6.69. The summed E-state index contributed by atoms with van der Waals surface area (Å²) in [5.41, 5.74) is 12.6. The Hall–Kier alpha value is -6.45. The van der Waals surface area contributed by atoms with Crippen LogP contribution < -0.4 is 0 Å². The monoisotopic (exact) mass is 627 g/mol. The molecule has 0 spiro atoms. The van der Waals surface area contributed by atoms with Crippen LogP contribution in [0, 0.1) is 0 Å². The smallest absolute Gasteiger partial charge is 0.164 e. The van der Waals surface area contributed by atoms with Crippen LogP contribution in [0.4, 0.5) is 0 Å². The summed E-state index contributed by atoms with van der Waals surface area (Å²) in [6.45, 7) is 0. The van der Waals surface area contributed by atoms with Crippen molar-refractivity contribution >= 4 is 0 Å². The van der Waals surface area contributed by atoms with E-state index in [1.807, 2.05) is 60.7 Å². The van der Waals surface area contributed by atoms with Crippen molar-refractivity contribution in [2.24, 2.45) is 0 Å². The van der Waals surface area contributed by atoms with Gasteiger partial charge in [-0.25, -0.2) is 15.0 Å². The van der Waals surface area contributed by atoms with Crippen molar-refractivity contribution in [1.82, 2.24) is 15.0 Å². The van der Waals surface area contributed by atoms with E-state index in [1.54, 1.807) is 0 Å². The second kappa shape index (κ2) is 13.7. The number of hydrogen-bond acceptors (Lipinski definition) is 3. The van der Waals surface area contributed by atoms with E-state index in [2.05, 4.69) is 127 Å². The Morgan fingerprint density at radius 1 is 0.265 bits per heavy atom. The van der Waals surface area contributed by atoms with Gasteiger partial charge in [-0.3, -0.25) is 0 Å². The summed E-state index contributed by atoms with van der Waals surface area (Å²) < 4.78 is 0. The van der Waals surface area contributed by atoms with E-state index in [1.165, 1.54) is 33.4 Å². The van der Waals surface area contributed by atoms with Gasteiger partial charge in [0.2, 0.25) is 0 Å². The zero-order chi connectivity index (χ0) is 32.8. The molecule has 0 aliphatic rings. The van der Waals surface area contributed by atoms with Gasteiger partial charge >= 0.3 is 0 Å². The van der Waals surface area contributed by atoms with Crippen LogP contribution in [-0.4, -0.2) is 15.0 Å². The van der Waals surface area contributed by atoms with Crippen molar-refractivity contribution in [3.05, 3.63) is 199 Å². The maximum absolute atomic E-state index is 4.95. The lowest BCUT2D eigenvalue weighted by atomic mass is 9.91. The molecule has 0 aliphatic carbocycles. The Balaban J connectivity index is 1.13. The van der Waals surface area contributed by atoms with Crippen molar-refractivity contribution in [2.45, 2.75) is 6.42 Å². The van der Waals surface area contributed by atoms with Crippen LogP contribution in [0.5, 0.6) is 0 Å². The van der Waals surface area contributed by atoms with Crippen LogP contribution in [0.1, 0.15) is 11.1 Å². The summed E-state index contributed by atoms with van der Waals surface area (Å²) in [7, 11) is 0. The van der Waals surface area contributed by atoms with Gasteiger partial charge in [0.25, 0.3) is 0 Å². The number of hydrogen-bond donors (Lipinski definition) is 0. The lowest BCUT2D eigenvalue weighted by Crippen LogP contribution is -2.00. The minimum atomic E-state index is 0.651. The van der Waals surface area contributed by atoms with Gasteiger partial charge in [0, 0.05) is 16.7 Å². The third-order valence-corrected chi connectivity index (χ3v) is 8.74. The van der Waals surface area contributed by atoms with Crippen LogP contribution in [0.3, 0.4) is 0 Å². The Labute approximate surface area is 287 Å². The highest BCUT2D eigenvalue weighted by molar-refractivity contribution is 5.84. The molecule has 0 unspecified atom stereocenters. The lowest BCUT2D eigenvalue weighted by molar-refractivity contribution is 1.07. The number of rotatable bonds is 8. The average molecular weight is 628 g/mol. The fourth-order valence-electron chi connectivity index (χ4n) is 6.30. The van der Waals surface area contributed by atoms with Crippen molar-refractivity contribution in [1.29, 1.82) is 0 Å². The Morgan fingerprint density at radius 3 is 1.24 bits per heavy atom. The van der Waals surface area contributed by atoms with Crippen LogP contribution in [0.2, 0.25) is 0 Å². The summed E-state index contributed by atoms with van der Waals surface area (Å²) in [5, 5.41) is 0. The van der Waals surface area contributed by atoms with Crippen molar-refractivity contribution in [3.63, 3.8) is 0 Å². The van der Waals surface area contributed by atoms with Crippen LogP contribution >= 0.6 is 0 Å². The highest BCUT2D eigenvalue weighted by Crippen LogP contribution is 2.34. The molecule has 0 bridgehead atoms. The summed E-state index contributed by atoms with van der Waals surface area (Å²) in [4.78, 5) is 14.8. The van der Waals surface area contributed by atoms with E-state index in [9.17, 15) is 0 Å². The summed E-state index contributed by atoms with van der Waals surface area (Å²) in [6, 6.07) is 65.7. The molecule has 1 heterocycles. The molecule has 0 atom stereocenters. The largest absolute Gasteiger partial charge is 0.208 e. The van der Waals surface area contributed by atoms with Crippen molar-refractivity contribution in [3.8, 4) is 67.5 Å².